The molecule has 0 spiro atoms. The lowest BCUT2D eigenvalue weighted by atomic mass is 10.2. The van der Waals surface area contributed by atoms with Crippen molar-refractivity contribution in [1.29, 1.82) is 0 Å². The van der Waals surface area contributed by atoms with Crippen molar-refractivity contribution in [2.24, 2.45) is 0 Å². The lowest BCUT2D eigenvalue weighted by Crippen LogP contribution is -2.24. The van der Waals surface area contributed by atoms with Gasteiger partial charge in [-0.05, 0) is 26.0 Å². The summed E-state index contributed by atoms with van der Waals surface area (Å²) in [5.41, 5.74) is 1.70. The Morgan fingerprint density at radius 1 is 1.48 bits per heavy atom. The number of carbonyl (C=O) groups is 1. The Morgan fingerprint density at radius 2 is 2.30 bits per heavy atom. The monoisotopic (exact) mass is 315 g/mol. The highest BCUT2D eigenvalue weighted by Gasteiger charge is 2.33. The van der Waals surface area contributed by atoms with E-state index in [9.17, 15) is 4.79 Å². The molecule has 2 aromatic rings. The number of aromatic nitrogens is 2. The Labute approximate surface area is 135 Å². The quantitative estimate of drug-likeness (QED) is 0.942. The normalized spacial score (nSPS) is 19.7. The van der Waals surface area contributed by atoms with Crippen LogP contribution in [0.3, 0.4) is 0 Å². The molecule has 6 heteroatoms. The summed E-state index contributed by atoms with van der Waals surface area (Å²) < 4.78 is 13.5. The molecule has 1 amide bonds. The molecule has 1 atom stereocenters. The number of carbonyl (C=O) groups excluding carboxylic acids is 1. The average molecular weight is 315 g/mol. The van der Waals surface area contributed by atoms with Gasteiger partial charge in [0, 0.05) is 30.6 Å². The molecule has 0 aliphatic carbocycles. The molecular weight excluding hydrogens is 294 g/mol. The Hall–Kier alpha value is -2.18. The van der Waals surface area contributed by atoms with Gasteiger partial charge in [0.25, 0.3) is 0 Å². The van der Waals surface area contributed by atoms with Crippen molar-refractivity contribution in [3.63, 3.8) is 0 Å². The van der Waals surface area contributed by atoms with Gasteiger partial charge in [-0.1, -0.05) is 12.1 Å². The van der Waals surface area contributed by atoms with Crippen molar-refractivity contribution < 1.29 is 14.3 Å². The van der Waals surface area contributed by atoms with E-state index >= 15 is 0 Å². The number of amides is 1. The van der Waals surface area contributed by atoms with Crippen LogP contribution in [-0.4, -0.2) is 34.0 Å². The van der Waals surface area contributed by atoms with Crippen LogP contribution >= 0.6 is 0 Å². The first-order chi connectivity index (χ1) is 10.9. The molecule has 1 aliphatic rings. The summed E-state index contributed by atoms with van der Waals surface area (Å²) in [6, 6.07) is 7.64. The van der Waals surface area contributed by atoms with Gasteiger partial charge in [0.15, 0.2) is 5.79 Å². The van der Waals surface area contributed by atoms with E-state index in [1.807, 2.05) is 48.9 Å². The van der Waals surface area contributed by atoms with E-state index in [2.05, 4.69) is 10.3 Å². The maximum absolute atomic E-state index is 11.2. The van der Waals surface area contributed by atoms with Gasteiger partial charge in [-0.2, -0.15) is 0 Å². The number of ether oxygens (including phenoxy) is 2. The first kappa shape index (κ1) is 15.7. The minimum absolute atomic E-state index is 0.00326. The maximum atomic E-state index is 11.2. The number of nitrogens with zero attached hydrogens (tertiary/aromatic N) is 2. The zero-order chi connectivity index (χ0) is 16.4. The molecule has 0 radical (unpaired) electrons. The SMILES string of the molecule is CC(=O)Nc1cccc(-c2nccn2CC2COC(C)(C)O2)c1. The minimum atomic E-state index is -0.531. The van der Waals surface area contributed by atoms with Crippen molar-refractivity contribution in [2.45, 2.75) is 39.2 Å². The topological polar surface area (TPSA) is 65.4 Å². The van der Waals surface area contributed by atoms with Gasteiger partial charge >= 0.3 is 0 Å². The highest BCUT2D eigenvalue weighted by molar-refractivity contribution is 5.89. The molecule has 3 rings (SSSR count). The predicted octanol–water partition coefficient (Wildman–Crippen LogP) is 2.66. The fraction of sp³-hybridized carbons (Fsp3) is 0.412. The van der Waals surface area contributed by atoms with Crippen LogP contribution in [0.15, 0.2) is 36.7 Å². The van der Waals surface area contributed by atoms with E-state index in [1.165, 1.54) is 6.92 Å². The van der Waals surface area contributed by atoms with Crippen LogP contribution in [0.2, 0.25) is 0 Å². The van der Waals surface area contributed by atoms with Gasteiger partial charge < -0.3 is 19.4 Å². The van der Waals surface area contributed by atoms with Crippen molar-refractivity contribution in [3.8, 4) is 11.4 Å². The van der Waals surface area contributed by atoms with E-state index in [1.54, 1.807) is 6.20 Å². The summed E-state index contributed by atoms with van der Waals surface area (Å²) in [4.78, 5) is 15.6. The number of nitrogens with one attached hydrogen (secondary N) is 1. The third-order valence-corrected chi connectivity index (χ3v) is 3.62. The highest BCUT2D eigenvalue weighted by atomic mass is 16.7. The fourth-order valence-electron chi connectivity index (χ4n) is 2.73. The van der Waals surface area contributed by atoms with Gasteiger partial charge in [-0.25, -0.2) is 4.98 Å². The largest absolute Gasteiger partial charge is 0.348 e. The smallest absolute Gasteiger partial charge is 0.221 e. The van der Waals surface area contributed by atoms with E-state index in [4.69, 9.17) is 9.47 Å². The predicted molar refractivity (Wildman–Crippen MR) is 86.9 cm³/mol. The molecule has 1 fully saturated rings. The molecule has 0 bridgehead atoms. The number of imidazole rings is 1. The molecule has 1 aromatic carbocycles. The van der Waals surface area contributed by atoms with Crippen LogP contribution in [0, 0.1) is 0 Å². The minimum Gasteiger partial charge on any atom is -0.348 e. The zero-order valence-corrected chi connectivity index (χ0v) is 13.6. The zero-order valence-electron chi connectivity index (χ0n) is 13.6. The van der Waals surface area contributed by atoms with Crippen LogP contribution in [0.25, 0.3) is 11.4 Å². The summed E-state index contributed by atoms with van der Waals surface area (Å²) in [6.45, 7) is 6.56. The molecule has 1 N–H and O–H groups in total. The Bertz CT molecular complexity index is 709. The summed E-state index contributed by atoms with van der Waals surface area (Å²) >= 11 is 0. The first-order valence-electron chi connectivity index (χ1n) is 7.64. The molecule has 23 heavy (non-hydrogen) atoms. The Morgan fingerprint density at radius 3 is 3.00 bits per heavy atom. The lowest BCUT2D eigenvalue weighted by molar-refractivity contribution is -0.139. The van der Waals surface area contributed by atoms with Crippen LogP contribution < -0.4 is 5.32 Å². The third kappa shape index (κ3) is 3.78. The summed E-state index contributed by atoms with van der Waals surface area (Å²) in [6.07, 6.45) is 3.69. The number of hydrogen-bond acceptors (Lipinski definition) is 4. The lowest BCUT2D eigenvalue weighted by Gasteiger charge is -2.18. The van der Waals surface area contributed by atoms with Crippen LogP contribution in [0.4, 0.5) is 5.69 Å². The van der Waals surface area contributed by atoms with Gasteiger partial charge in [0.2, 0.25) is 5.91 Å². The molecule has 2 heterocycles. The van der Waals surface area contributed by atoms with Crippen molar-refractivity contribution in [3.05, 3.63) is 36.7 Å². The molecular formula is C17H21N3O3. The van der Waals surface area contributed by atoms with Crippen LogP contribution in [-0.2, 0) is 20.8 Å². The molecule has 6 nitrogen and oxygen atoms in total. The van der Waals surface area contributed by atoms with E-state index in [0.29, 0.717) is 13.2 Å². The van der Waals surface area contributed by atoms with Crippen molar-refractivity contribution in [2.75, 3.05) is 11.9 Å². The Balaban J connectivity index is 1.79. The fourth-order valence-corrected chi connectivity index (χ4v) is 2.73. The van der Waals surface area contributed by atoms with Crippen LogP contribution in [0.1, 0.15) is 20.8 Å². The van der Waals surface area contributed by atoms with E-state index in [0.717, 1.165) is 17.1 Å². The second-order valence-electron chi connectivity index (χ2n) is 6.12. The number of hydrogen-bond donors (Lipinski definition) is 1. The first-order valence-corrected chi connectivity index (χ1v) is 7.64. The average Bonchev–Trinajstić information content (AvgIpc) is 3.05. The van der Waals surface area contributed by atoms with Crippen molar-refractivity contribution in [1.82, 2.24) is 9.55 Å². The molecule has 1 aromatic heterocycles. The number of rotatable bonds is 4. The summed E-state index contributed by atoms with van der Waals surface area (Å²) in [5, 5.41) is 2.79. The van der Waals surface area contributed by atoms with Gasteiger partial charge in [0.05, 0.1) is 13.2 Å². The second kappa shape index (κ2) is 6.14. The molecule has 122 valence electrons. The van der Waals surface area contributed by atoms with E-state index in [-0.39, 0.29) is 12.0 Å². The molecule has 1 aliphatic heterocycles. The summed E-state index contributed by atoms with van der Waals surface area (Å²) in [5.74, 6) is 0.214. The maximum Gasteiger partial charge on any atom is 0.221 e. The molecule has 1 unspecified atom stereocenters. The highest BCUT2D eigenvalue weighted by Crippen LogP contribution is 2.26. The van der Waals surface area contributed by atoms with Gasteiger partial charge in [0.1, 0.15) is 11.9 Å². The van der Waals surface area contributed by atoms with E-state index < -0.39 is 5.79 Å². The van der Waals surface area contributed by atoms with Gasteiger partial charge in [-0.15, -0.1) is 0 Å². The number of anilines is 1. The second-order valence-corrected chi connectivity index (χ2v) is 6.12. The standard InChI is InChI=1S/C17H21N3O3/c1-12(21)19-14-6-4-5-13(9-14)16-18-7-8-20(16)10-15-11-22-17(2,3)23-15/h4-9,15H,10-11H2,1-3H3,(H,19,21). The van der Waals surface area contributed by atoms with Crippen LogP contribution in [0.5, 0.6) is 0 Å². The molecule has 1 saturated heterocycles. The van der Waals surface area contributed by atoms with Gasteiger partial charge in [-0.3, -0.25) is 4.79 Å². The van der Waals surface area contributed by atoms with Crippen molar-refractivity contribution >= 4 is 11.6 Å². The summed E-state index contributed by atoms with van der Waals surface area (Å²) in [7, 11) is 0. The number of benzene rings is 1. The third-order valence-electron chi connectivity index (χ3n) is 3.62. The Kier molecular flexibility index (Phi) is 4.19. The molecule has 0 saturated carbocycles.